The number of benzene rings is 2. The highest BCUT2D eigenvalue weighted by molar-refractivity contribution is 5.46. The third-order valence-corrected chi connectivity index (χ3v) is 4.64. The second-order valence-electron chi connectivity index (χ2n) is 6.29. The second-order valence-corrected chi connectivity index (χ2v) is 6.29. The lowest BCUT2D eigenvalue weighted by Gasteiger charge is -2.35. The Morgan fingerprint density at radius 1 is 1.09 bits per heavy atom. The molecule has 1 atom stereocenters. The molecule has 118 valence electrons. The van der Waals surface area contributed by atoms with E-state index in [4.69, 9.17) is 5.26 Å². The second kappa shape index (κ2) is 7.30. The minimum Gasteiger partial charge on any atom is -0.387 e. The zero-order valence-electron chi connectivity index (χ0n) is 13.2. The minimum absolute atomic E-state index is 0.553. The van der Waals surface area contributed by atoms with Crippen LogP contribution in [0.3, 0.4) is 0 Å². The Bertz CT molecular complexity index is 656. The summed E-state index contributed by atoms with van der Waals surface area (Å²) in [5.74, 6) is 0.739. The van der Waals surface area contributed by atoms with E-state index in [0.29, 0.717) is 12.1 Å². The van der Waals surface area contributed by atoms with Crippen molar-refractivity contribution in [2.24, 2.45) is 5.92 Å². The van der Waals surface area contributed by atoms with Crippen molar-refractivity contribution in [3.05, 3.63) is 65.7 Å². The lowest BCUT2D eigenvalue weighted by atomic mass is 9.85. The van der Waals surface area contributed by atoms with Gasteiger partial charge in [-0.1, -0.05) is 36.8 Å². The molecule has 0 spiro atoms. The molecule has 0 heterocycles. The third-order valence-electron chi connectivity index (χ3n) is 4.64. The van der Waals surface area contributed by atoms with Gasteiger partial charge in [0, 0.05) is 18.8 Å². The summed E-state index contributed by atoms with van der Waals surface area (Å²) in [5.41, 5.74) is 2.64. The van der Waals surface area contributed by atoms with Gasteiger partial charge in [-0.15, -0.1) is 0 Å². The van der Waals surface area contributed by atoms with Crippen molar-refractivity contribution in [3.8, 4) is 6.07 Å². The first-order valence-electron chi connectivity index (χ1n) is 8.24. The zero-order valence-corrected chi connectivity index (χ0v) is 13.2. The number of aliphatic hydroxyl groups is 1. The molecule has 0 aromatic heterocycles. The fourth-order valence-electron chi connectivity index (χ4n) is 3.01. The Balaban J connectivity index is 1.72. The van der Waals surface area contributed by atoms with Gasteiger partial charge in [0.05, 0.1) is 17.7 Å². The fraction of sp³-hybridized carbons (Fsp3) is 0.350. The van der Waals surface area contributed by atoms with Gasteiger partial charge in [-0.2, -0.15) is 5.26 Å². The van der Waals surface area contributed by atoms with Crippen LogP contribution in [0, 0.1) is 17.2 Å². The molecular weight excluding hydrogens is 284 g/mol. The summed E-state index contributed by atoms with van der Waals surface area (Å²) in [4.78, 5) is 2.28. The predicted molar refractivity (Wildman–Crippen MR) is 92.1 cm³/mol. The van der Waals surface area contributed by atoms with Crippen molar-refractivity contribution in [2.45, 2.75) is 25.4 Å². The van der Waals surface area contributed by atoms with Crippen LogP contribution in [-0.4, -0.2) is 18.2 Å². The topological polar surface area (TPSA) is 47.3 Å². The molecule has 3 rings (SSSR count). The number of anilines is 1. The molecular formula is C20H22N2O. The summed E-state index contributed by atoms with van der Waals surface area (Å²) in [6.07, 6.45) is 3.35. The van der Waals surface area contributed by atoms with Crippen molar-refractivity contribution in [3.63, 3.8) is 0 Å². The minimum atomic E-state index is -0.553. The Hall–Kier alpha value is -2.31. The zero-order chi connectivity index (χ0) is 16.1. The molecule has 0 aliphatic heterocycles. The monoisotopic (exact) mass is 306 g/mol. The van der Waals surface area contributed by atoms with Crippen LogP contribution in [0.4, 0.5) is 5.69 Å². The van der Waals surface area contributed by atoms with E-state index in [1.807, 2.05) is 30.3 Å². The Morgan fingerprint density at radius 3 is 2.35 bits per heavy atom. The Morgan fingerprint density at radius 2 is 1.78 bits per heavy atom. The number of hydrogen-bond acceptors (Lipinski definition) is 3. The quantitative estimate of drug-likeness (QED) is 0.880. The van der Waals surface area contributed by atoms with E-state index in [9.17, 15) is 5.11 Å². The first-order valence-corrected chi connectivity index (χ1v) is 8.24. The summed E-state index contributed by atoms with van der Waals surface area (Å²) in [6, 6.07) is 19.6. The fourth-order valence-corrected chi connectivity index (χ4v) is 3.01. The number of para-hydroxylation sites is 1. The molecule has 1 N–H and O–H groups in total. The van der Waals surface area contributed by atoms with Gasteiger partial charge >= 0.3 is 0 Å². The molecule has 0 radical (unpaired) electrons. The average Bonchev–Trinajstić information content (AvgIpc) is 2.57. The van der Waals surface area contributed by atoms with Crippen LogP contribution in [-0.2, 0) is 0 Å². The number of nitriles is 1. The molecule has 1 aliphatic rings. The maximum atomic E-state index is 10.6. The first kappa shape index (κ1) is 15.6. The van der Waals surface area contributed by atoms with Crippen LogP contribution in [0.2, 0.25) is 0 Å². The van der Waals surface area contributed by atoms with Gasteiger partial charge < -0.3 is 10.0 Å². The molecule has 0 bridgehead atoms. The summed E-state index contributed by atoms with van der Waals surface area (Å²) >= 11 is 0. The van der Waals surface area contributed by atoms with Crippen LogP contribution in [0.15, 0.2) is 54.6 Å². The lowest BCUT2D eigenvalue weighted by Crippen LogP contribution is -2.35. The number of nitrogens with zero attached hydrogens (tertiary/aromatic N) is 2. The lowest BCUT2D eigenvalue weighted by molar-refractivity contribution is 0.179. The summed E-state index contributed by atoms with van der Waals surface area (Å²) < 4.78 is 0. The molecule has 3 nitrogen and oxygen atoms in total. The standard InChI is InChI=1S/C20H22N2O/c21-13-16-9-11-18(12-10-16)20(23)15-22(14-17-5-4-6-17)19-7-2-1-3-8-19/h1-3,7-12,17,20,23H,4-6,14-15H2. The molecule has 23 heavy (non-hydrogen) atoms. The summed E-state index contributed by atoms with van der Waals surface area (Å²) in [6.45, 7) is 1.57. The van der Waals surface area contributed by atoms with E-state index >= 15 is 0 Å². The highest BCUT2D eigenvalue weighted by Crippen LogP contribution is 2.30. The van der Waals surface area contributed by atoms with Gasteiger partial charge in [-0.05, 0) is 48.6 Å². The molecule has 0 saturated heterocycles. The Kier molecular flexibility index (Phi) is 4.95. The largest absolute Gasteiger partial charge is 0.387 e. The summed E-state index contributed by atoms with van der Waals surface area (Å²) in [7, 11) is 0. The van der Waals surface area contributed by atoms with Gasteiger partial charge in [0.25, 0.3) is 0 Å². The average molecular weight is 306 g/mol. The van der Waals surface area contributed by atoms with Crippen molar-refractivity contribution < 1.29 is 5.11 Å². The highest BCUT2D eigenvalue weighted by Gasteiger charge is 2.22. The number of aliphatic hydroxyl groups excluding tert-OH is 1. The number of rotatable bonds is 6. The van der Waals surface area contributed by atoms with Crippen molar-refractivity contribution >= 4 is 5.69 Å². The normalized spacial score (nSPS) is 15.5. The van der Waals surface area contributed by atoms with Crippen molar-refractivity contribution in [2.75, 3.05) is 18.0 Å². The summed E-state index contributed by atoms with van der Waals surface area (Å²) in [5, 5.41) is 19.5. The molecule has 2 aromatic carbocycles. The van der Waals surface area contributed by atoms with Gasteiger partial charge in [0.1, 0.15) is 0 Å². The SMILES string of the molecule is N#Cc1ccc(C(O)CN(CC2CCC2)c2ccccc2)cc1. The van der Waals surface area contributed by atoms with E-state index in [2.05, 4.69) is 23.1 Å². The third kappa shape index (κ3) is 3.91. The van der Waals surface area contributed by atoms with Gasteiger partial charge in [-0.3, -0.25) is 0 Å². The maximum absolute atomic E-state index is 10.6. The van der Waals surface area contributed by atoms with Crippen LogP contribution < -0.4 is 4.90 Å². The molecule has 1 aliphatic carbocycles. The molecule has 1 saturated carbocycles. The van der Waals surface area contributed by atoms with E-state index in [0.717, 1.165) is 23.7 Å². The molecule has 0 amide bonds. The smallest absolute Gasteiger partial charge is 0.0991 e. The van der Waals surface area contributed by atoms with Crippen LogP contribution in [0.25, 0.3) is 0 Å². The molecule has 2 aromatic rings. The molecule has 3 heteroatoms. The van der Waals surface area contributed by atoms with E-state index in [-0.39, 0.29) is 0 Å². The van der Waals surface area contributed by atoms with E-state index in [1.165, 1.54) is 19.3 Å². The molecule has 1 fully saturated rings. The van der Waals surface area contributed by atoms with Gasteiger partial charge in [0.2, 0.25) is 0 Å². The van der Waals surface area contributed by atoms with Crippen molar-refractivity contribution in [1.82, 2.24) is 0 Å². The van der Waals surface area contributed by atoms with Crippen molar-refractivity contribution in [1.29, 1.82) is 5.26 Å². The molecule has 1 unspecified atom stereocenters. The maximum Gasteiger partial charge on any atom is 0.0991 e. The highest BCUT2D eigenvalue weighted by atomic mass is 16.3. The first-order chi connectivity index (χ1) is 11.3. The Labute approximate surface area is 137 Å². The van der Waals surface area contributed by atoms with E-state index < -0.39 is 6.10 Å². The van der Waals surface area contributed by atoms with Crippen LogP contribution >= 0.6 is 0 Å². The van der Waals surface area contributed by atoms with Gasteiger partial charge in [0.15, 0.2) is 0 Å². The van der Waals surface area contributed by atoms with Crippen LogP contribution in [0.1, 0.15) is 36.5 Å². The van der Waals surface area contributed by atoms with Gasteiger partial charge in [-0.25, -0.2) is 0 Å². The van der Waals surface area contributed by atoms with E-state index in [1.54, 1.807) is 12.1 Å². The predicted octanol–water partition coefficient (Wildman–Crippen LogP) is 3.90. The van der Waals surface area contributed by atoms with Crippen LogP contribution in [0.5, 0.6) is 0 Å². The number of hydrogen-bond donors (Lipinski definition) is 1.